The molecule has 0 aromatic heterocycles. The summed E-state index contributed by atoms with van der Waals surface area (Å²) in [6.07, 6.45) is 8.59. The molecule has 120 valence electrons. The van der Waals surface area contributed by atoms with E-state index in [0.29, 0.717) is 0 Å². The predicted molar refractivity (Wildman–Crippen MR) is 94.5 cm³/mol. The van der Waals surface area contributed by atoms with Crippen LogP contribution >= 0.6 is 15.9 Å². The molecule has 0 saturated heterocycles. The fraction of sp³-hybridized carbons (Fsp3) is 0.667. The molecule has 2 atom stereocenters. The normalized spacial score (nSPS) is 14.1. The summed E-state index contributed by atoms with van der Waals surface area (Å²) in [6.45, 7) is 5.16. The van der Waals surface area contributed by atoms with E-state index in [-0.39, 0.29) is 12.1 Å². The average molecular weight is 356 g/mol. The third kappa shape index (κ3) is 6.94. The smallest absolute Gasteiger partial charge is 0.0986 e. The molecule has 3 heteroatoms. The van der Waals surface area contributed by atoms with E-state index in [9.17, 15) is 0 Å². The quantitative estimate of drug-likeness (QED) is 0.524. The molecule has 0 spiro atoms. The number of ether oxygens (including phenoxy) is 1. The molecular weight excluding hydrogens is 326 g/mol. The van der Waals surface area contributed by atoms with Crippen molar-refractivity contribution in [3.05, 3.63) is 34.3 Å². The Hall–Kier alpha value is -0.380. The summed E-state index contributed by atoms with van der Waals surface area (Å²) in [5.41, 5.74) is 7.42. The van der Waals surface area contributed by atoms with Gasteiger partial charge < -0.3 is 10.5 Å². The second-order valence-electron chi connectivity index (χ2n) is 5.65. The van der Waals surface area contributed by atoms with Gasteiger partial charge in [-0.3, -0.25) is 0 Å². The van der Waals surface area contributed by atoms with Crippen LogP contribution in [0.25, 0.3) is 0 Å². The van der Waals surface area contributed by atoms with Gasteiger partial charge in [0.2, 0.25) is 0 Å². The zero-order valence-electron chi connectivity index (χ0n) is 13.5. The molecule has 0 aliphatic carbocycles. The molecule has 2 N–H and O–H groups in total. The van der Waals surface area contributed by atoms with E-state index in [2.05, 4.69) is 41.9 Å². The summed E-state index contributed by atoms with van der Waals surface area (Å²) < 4.78 is 7.20. The third-order valence-electron chi connectivity index (χ3n) is 3.87. The van der Waals surface area contributed by atoms with Gasteiger partial charge in [-0.2, -0.15) is 0 Å². The maximum Gasteiger partial charge on any atom is 0.0986 e. The van der Waals surface area contributed by atoms with Gasteiger partial charge in [0, 0.05) is 17.1 Å². The molecule has 2 unspecified atom stereocenters. The van der Waals surface area contributed by atoms with Crippen LogP contribution in [0.2, 0.25) is 0 Å². The summed E-state index contributed by atoms with van der Waals surface area (Å²) in [7, 11) is 0. The average Bonchev–Trinajstić information content (AvgIpc) is 2.50. The van der Waals surface area contributed by atoms with E-state index in [4.69, 9.17) is 10.5 Å². The highest BCUT2D eigenvalue weighted by molar-refractivity contribution is 9.10. The van der Waals surface area contributed by atoms with Crippen molar-refractivity contribution >= 4 is 15.9 Å². The van der Waals surface area contributed by atoms with E-state index < -0.39 is 0 Å². The molecule has 0 aliphatic heterocycles. The van der Waals surface area contributed by atoms with Crippen molar-refractivity contribution in [2.75, 3.05) is 6.61 Å². The summed E-state index contributed by atoms with van der Waals surface area (Å²) in [5.74, 6) is 0. The van der Waals surface area contributed by atoms with Crippen LogP contribution in [0.15, 0.2) is 28.7 Å². The molecule has 0 fully saturated rings. The first-order valence-electron chi connectivity index (χ1n) is 8.32. The Balaban J connectivity index is 2.43. The molecule has 0 bridgehead atoms. The Bertz CT molecular complexity index is 383. The van der Waals surface area contributed by atoms with Crippen LogP contribution in [0, 0.1) is 0 Å². The minimum Gasteiger partial charge on any atom is -0.372 e. The predicted octanol–water partition coefficient (Wildman–Crippen LogP) is 5.60. The molecule has 1 aromatic rings. The lowest BCUT2D eigenvalue weighted by Crippen LogP contribution is -2.30. The van der Waals surface area contributed by atoms with Crippen LogP contribution in [0.3, 0.4) is 0 Å². The SMILES string of the molecule is CCCCCCCCOC(c1ccccc1Br)C(N)CC. The van der Waals surface area contributed by atoms with E-state index in [1.807, 2.05) is 12.1 Å². The van der Waals surface area contributed by atoms with Gasteiger partial charge in [0.15, 0.2) is 0 Å². The number of halogens is 1. The molecule has 0 aliphatic rings. The summed E-state index contributed by atoms with van der Waals surface area (Å²) in [4.78, 5) is 0. The number of unbranched alkanes of at least 4 members (excludes halogenated alkanes) is 5. The van der Waals surface area contributed by atoms with Crippen molar-refractivity contribution in [1.29, 1.82) is 0 Å². The molecule has 0 heterocycles. The fourth-order valence-corrected chi connectivity index (χ4v) is 2.97. The van der Waals surface area contributed by atoms with Crippen LogP contribution in [0.4, 0.5) is 0 Å². The monoisotopic (exact) mass is 355 g/mol. The van der Waals surface area contributed by atoms with Crippen molar-refractivity contribution in [3.8, 4) is 0 Å². The lowest BCUT2D eigenvalue weighted by molar-refractivity contribution is 0.0306. The minimum absolute atomic E-state index is 0.0128. The Morgan fingerprint density at radius 1 is 1.05 bits per heavy atom. The number of hydrogen-bond acceptors (Lipinski definition) is 2. The minimum atomic E-state index is -0.0128. The maximum absolute atomic E-state index is 6.25. The zero-order valence-corrected chi connectivity index (χ0v) is 15.1. The van der Waals surface area contributed by atoms with Crippen LogP contribution < -0.4 is 5.73 Å². The van der Waals surface area contributed by atoms with Gasteiger partial charge in [-0.1, -0.05) is 80.1 Å². The van der Waals surface area contributed by atoms with Gasteiger partial charge >= 0.3 is 0 Å². The highest BCUT2D eigenvalue weighted by atomic mass is 79.9. The first kappa shape index (κ1) is 18.7. The maximum atomic E-state index is 6.25. The van der Waals surface area contributed by atoms with Crippen LogP contribution in [-0.2, 0) is 4.74 Å². The van der Waals surface area contributed by atoms with E-state index in [0.717, 1.165) is 29.5 Å². The van der Waals surface area contributed by atoms with Crippen LogP contribution in [0.1, 0.15) is 70.5 Å². The highest BCUT2D eigenvalue weighted by Crippen LogP contribution is 2.29. The largest absolute Gasteiger partial charge is 0.372 e. The Morgan fingerprint density at radius 3 is 2.38 bits per heavy atom. The number of hydrogen-bond donors (Lipinski definition) is 1. The Morgan fingerprint density at radius 2 is 1.71 bits per heavy atom. The number of rotatable bonds is 11. The Labute approximate surface area is 138 Å². The number of benzene rings is 1. The van der Waals surface area contributed by atoms with Gasteiger partial charge in [0.05, 0.1) is 6.10 Å². The van der Waals surface area contributed by atoms with Gasteiger partial charge in [-0.25, -0.2) is 0 Å². The molecule has 1 aromatic carbocycles. The van der Waals surface area contributed by atoms with Gasteiger partial charge in [-0.05, 0) is 24.5 Å². The van der Waals surface area contributed by atoms with Gasteiger partial charge in [0.1, 0.15) is 0 Å². The molecule has 1 rings (SSSR count). The highest BCUT2D eigenvalue weighted by Gasteiger charge is 2.21. The number of nitrogens with two attached hydrogens (primary N) is 1. The van der Waals surface area contributed by atoms with Gasteiger partial charge in [-0.15, -0.1) is 0 Å². The summed E-state index contributed by atoms with van der Waals surface area (Å²) in [5, 5.41) is 0. The van der Waals surface area contributed by atoms with Crippen molar-refractivity contribution in [2.24, 2.45) is 5.73 Å². The second kappa shape index (κ2) is 11.2. The first-order chi connectivity index (χ1) is 10.2. The molecule has 0 amide bonds. The molecule has 2 nitrogen and oxygen atoms in total. The lowest BCUT2D eigenvalue weighted by Gasteiger charge is -2.25. The zero-order chi connectivity index (χ0) is 15.5. The standard InChI is InChI=1S/C18H30BrNO/c1-3-5-6-7-8-11-14-21-18(17(20)4-2)15-12-9-10-13-16(15)19/h9-10,12-13,17-18H,3-8,11,14,20H2,1-2H3. The van der Waals surface area contributed by atoms with Crippen molar-refractivity contribution in [3.63, 3.8) is 0 Å². The molecule has 21 heavy (non-hydrogen) atoms. The van der Waals surface area contributed by atoms with Crippen molar-refractivity contribution in [2.45, 2.75) is 70.9 Å². The lowest BCUT2D eigenvalue weighted by atomic mass is 10.0. The molecule has 0 saturated carbocycles. The van der Waals surface area contributed by atoms with E-state index >= 15 is 0 Å². The third-order valence-corrected chi connectivity index (χ3v) is 4.59. The Kier molecular flexibility index (Phi) is 9.98. The first-order valence-corrected chi connectivity index (χ1v) is 9.11. The van der Waals surface area contributed by atoms with E-state index in [1.165, 1.54) is 32.1 Å². The molecular formula is C18H30BrNO. The summed E-state index contributed by atoms with van der Waals surface area (Å²) in [6, 6.07) is 8.27. The van der Waals surface area contributed by atoms with Crippen molar-refractivity contribution < 1.29 is 4.74 Å². The van der Waals surface area contributed by atoms with Crippen LogP contribution in [0.5, 0.6) is 0 Å². The van der Waals surface area contributed by atoms with Crippen molar-refractivity contribution in [1.82, 2.24) is 0 Å². The molecule has 0 radical (unpaired) electrons. The van der Waals surface area contributed by atoms with Crippen LogP contribution in [-0.4, -0.2) is 12.6 Å². The second-order valence-corrected chi connectivity index (χ2v) is 6.51. The van der Waals surface area contributed by atoms with E-state index in [1.54, 1.807) is 0 Å². The van der Waals surface area contributed by atoms with Gasteiger partial charge in [0.25, 0.3) is 0 Å². The summed E-state index contributed by atoms with van der Waals surface area (Å²) >= 11 is 3.61. The topological polar surface area (TPSA) is 35.2 Å². The fourth-order valence-electron chi connectivity index (χ4n) is 2.46.